The first-order valence-corrected chi connectivity index (χ1v) is 7.77. The number of aryl methyl sites for hydroxylation is 1. The molecule has 3 nitrogen and oxygen atoms in total. The van der Waals surface area contributed by atoms with Gasteiger partial charge in [0.2, 0.25) is 0 Å². The SMILES string of the molecule is CCCn1nccc1CNCC(C)(C)c1cccs1. The van der Waals surface area contributed by atoms with E-state index in [4.69, 9.17) is 0 Å². The van der Waals surface area contributed by atoms with E-state index >= 15 is 0 Å². The van der Waals surface area contributed by atoms with Gasteiger partial charge in [0.15, 0.2) is 0 Å². The second-order valence-corrected chi connectivity index (χ2v) is 6.46. The predicted molar refractivity (Wildman–Crippen MR) is 81.6 cm³/mol. The third kappa shape index (κ3) is 3.67. The lowest BCUT2D eigenvalue weighted by Gasteiger charge is -2.23. The van der Waals surface area contributed by atoms with Crippen molar-refractivity contribution in [2.75, 3.05) is 6.54 Å². The van der Waals surface area contributed by atoms with Crippen molar-refractivity contribution in [3.63, 3.8) is 0 Å². The fourth-order valence-electron chi connectivity index (χ4n) is 2.18. The van der Waals surface area contributed by atoms with Gasteiger partial charge in [0, 0.05) is 36.1 Å². The maximum atomic E-state index is 4.35. The van der Waals surface area contributed by atoms with E-state index in [2.05, 4.69) is 59.4 Å². The van der Waals surface area contributed by atoms with E-state index in [0.29, 0.717) is 0 Å². The fraction of sp³-hybridized carbons (Fsp3) is 0.533. The van der Waals surface area contributed by atoms with E-state index in [0.717, 1.165) is 26.1 Å². The summed E-state index contributed by atoms with van der Waals surface area (Å²) in [6.07, 6.45) is 3.01. The van der Waals surface area contributed by atoms with Crippen LogP contribution in [0.2, 0.25) is 0 Å². The van der Waals surface area contributed by atoms with E-state index in [-0.39, 0.29) is 5.41 Å². The lowest BCUT2D eigenvalue weighted by atomic mass is 9.91. The Morgan fingerprint density at radius 2 is 2.21 bits per heavy atom. The molecule has 19 heavy (non-hydrogen) atoms. The van der Waals surface area contributed by atoms with Crippen LogP contribution in [-0.4, -0.2) is 16.3 Å². The Morgan fingerprint density at radius 3 is 2.89 bits per heavy atom. The summed E-state index contributed by atoms with van der Waals surface area (Å²) < 4.78 is 2.09. The van der Waals surface area contributed by atoms with Crippen molar-refractivity contribution in [1.82, 2.24) is 15.1 Å². The number of nitrogens with one attached hydrogen (secondary N) is 1. The molecule has 104 valence electrons. The molecule has 0 saturated heterocycles. The van der Waals surface area contributed by atoms with E-state index in [1.165, 1.54) is 10.6 Å². The Labute approximate surface area is 119 Å². The molecule has 0 aromatic carbocycles. The van der Waals surface area contributed by atoms with Gasteiger partial charge in [0.05, 0.1) is 5.69 Å². The monoisotopic (exact) mass is 277 g/mol. The molecule has 0 radical (unpaired) electrons. The normalized spacial score (nSPS) is 11.9. The Kier molecular flexibility index (Phi) is 4.77. The van der Waals surface area contributed by atoms with Crippen LogP contribution in [0.15, 0.2) is 29.8 Å². The highest BCUT2D eigenvalue weighted by molar-refractivity contribution is 7.10. The molecular weight excluding hydrogens is 254 g/mol. The summed E-state index contributed by atoms with van der Waals surface area (Å²) in [5, 5.41) is 10.1. The number of hydrogen-bond acceptors (Lipinski definition) is 3. The van der Waals surface area contributed by atoms with E-state index in [1.54, 1.807) is 0 Å². The van der Waals surface area contributed by atoms with Gasteiger partial charge in [-0.15, -0.1) is 11.3 Å². The van der Waals surface area contributed by atoms with Gasteiger partial charge in [-0.25, -0.2) is 0 Å². The smallest absolute Gasteiger partial charge is 0.0522 e. The molecule has 0 aliphatic rings. The number of nitrogens with zero attached hydrogens (tertiary/aromatic N) is 2. The molecule has 0 saturated carbocycles. The molecule has 0 unspecified atom stereocenters. The molecule has 4 heteroatoms. The van der Waals surface area contributed by atoms with Crippen LogP contribution in [0.3, 0.4) is 0 Å². The van der Waals surface area contributed by atoms with Gasteiger partial charge in [-0.2, -0.15) is 5.10 Å². The zero-order valence-electron chi connectivity index (χ0n) is 12.0. The van der Waals surface area contributed by atoms with Crippen LogP contribution < -0.4 is 5.32 Å². The average Bonchev–Trinajstić information content (AvgIpc) is 3.01. The maximum absolute atomic E-state index is 4.35. The van der Waals surface area contributed by atoms with Crippen molar-refractivity contribution < 1.29 is 0 Å². The molecule has 0 aliphatic carbocycles. The number of rotatable bonds is 7. The van der Waals surface area contributed by atoms with Crippen molar-refractivity contribution in [1.29, 1.82) is 0 Å². The first-order valence-electron chi connectivity index (χ1n) is 6.89. The lowest BCUT2D eigenvalue weighted by Crippen LogP contribution is -2.32. The summed E-state index contributed by atoms with van der Waals surface area (Å²) in [6, 6.07) is 6.44. The lowest BCUT2D eigenvalue weighted by molar-refractivity contribution is 0.463. The summed E-state index contributed by atoms with van der Waals surface area (Å²) >= 11 is 1.83. The average molecular weight is 277 g/mol. The van der Waals surface area contributed by atoms with Crippen LogP contribution in [0, 0.1) is 0 Å². The third-order valence-electron chi connectivity index (χ3n) is 3.30. The number of thiophene rings is 1. The summed E-state index contributed by atoms with van der Waals surface area (Å²) in [5.41, 5.74) is 1.45. The van der Waals surface area contributed by atoms with E-state index in [1.807, 2.05) is 17.5 Å². The zero-order valence-corrected chi connectivity index (χ0v) is 12.8. The molecule has 0 spiro atoms. The molecule has 2 heterocycles. The van der Waals surface area contributed by atoms with Gasteiger partial charge in [0.25, 0.3) is 0 Å². The minimum Gasteiger partial charge on any atom is -0.310 e. The zero-order chi connectivity index (χ0) is 13.7. The molecule has 0 atom stereocenters. The van der Waals surface area contributed by atoms with E-state index in [9.17, 15) is 0 Å². The standard InChI is InChI=1S/C15H23N3S/c1-4-9-18-13(7-8-17-18)11-16-12-15(2,3)14-6-5-10-19-14/h5-8,10,16H,4,9,11-12H2,1-3H3. The van der Waals surface area contributed by atoms with Gasteiger partial charge in [-0.05, 0) is 23.9 Å². The Bertz CT molecular complexity index is 485. The molecule has 0 bridgehead atoms. The molecule has 1 N–H and O–H groups in total. The van der Waals surface area contributed by atoms with Crippen LogP contribution in [0.5, 0.6) is 0 Å². The highest BCUT2D eigenvalue weighted by Gasteiger charge is 2.21. The summed E-state index contributed by atoms with van der Waals surface area (Å²) in [4.78, 5) is 1.43. The van der Waals surface area contributed by atoms with Crippen LogP contribution in [-0.2, 0) is 18.5 Å². The number of hydrogen-bond donors (Lipinski definition) is 1. The topological polar surface area (TPSA) is 29.9 Å². The van der Waals surface area contributed by atoms with Crippen LogP contribution >= 0.6 is 11.3 Å². The molecule has 2 aromatic heterocycles. The summed E-state index contributed by atoms with van der Waals surface area (Å²) in [5.74, 6) is 0. The number of aromatic nitrogens is 2. The van der Waals surface area contributed by atoms with Crippen molar-refractivity contribution in [2.24, 2.45) is 0 Å². The van der Waals surface area contributed by atoms with Crippen molar-refractivity contribution in [3.05, 3.63) is 40.3 Å². The van der Waals surface area contributed by atoms with Gasteiger partial charge >= 0.3 is 0 Å². The largest absolute Gasteiger partial charge is 0.310 e. The minimum atomic E-state index is 0.184. The van der Waals surface area contributed by atoms with Crippen LogP contribution in [0.4, 0.5) is 0 Å². The van der Waals surface area contributed by atoms with Crippen LogP contribution in [0.1, 0.15) is 37.8 Å². The first kappa shape index (κ1) is 14.3. The minimum absolute atomic E-state index is 0.184. The Balaban J connectivity index is 1.88. The molecular formula is C15H23N3S. The third-order valence-corrected chi connectivity index (χ3v) is 4.54. The van der Waals surface area contributed by atoms with Gasteiger partial charge < -0.3 is 5.32 Å². The molecule has 2 aromatic rings. The maximum Gasteiger partial charge on any atom is 0.0522 e. The second kappa shape index (κ2) is 6.35. The summed E-state index contributed by atoms with van der Waals surface area (Å²) in [6.45, 7) is 9.61. The Morgan fingerprint density at radius 1 is 1.37 bits per heavy atom. The van der Waals surface area contributed by atoms with Crippen molar-refractivity contribution in [2.45, 2.75) is 45.7 Å². The molecule has 0 fully saturated rings. The molecule has 0 amide bonds. The Hall–Kier alpha value is -1.13. The summed E-state index contributed by atoms with van der Waals surface area (Å²) in [7, 11) is 0. The predicted octanol–water partition coefficient (Wildman–Crippen LogP) is 3.42. The van der Waals surface area contributed by atoms with Gasteiger partial charge in [-0.3, -0.25) is 4.68 Å². The quantitative estimate of drug-likeness (QED) is 0.840. The van der Waals surface area contributed by atoms with Crippen LogP contribution in [0.25, 0.3) is 0 Å². The van der Waals surface area contributed by atoms with E-state index < -0.39 is 0 Å². The second-order valence-electron chi connectivity index (χ2n) is 5.51. The van der Waals surface area contributed by atoms with Gasteiger partial charge in [-0.1, -0.05) is 26.8 Å². The highest BCUT2D eigenvalue weighted by Crippen LogP contribution is 2.26. The van der Waals surface area contributed by atoms with Gasteiger partial charge in [0.1, 0.15) is 0 Å². The first-order chi connectivity index (χ1) is 9.13. The molecule has 0 aliphatic heterocycles. The fourth-order valence-corrected chi connectivity index (χ4v) is 3.03. The van der Waals surface area contributed by atoms with Crippen molar-refractivity contribution >= 4 is 11.3 Å². The van der Waals surface area contributed by atoms with Crippen molar-refractivity contribution in [3.8, 4) is 0 Å². The molecule has 2 rings (SSSR count). The highest BCUT2D eigenvalue weighted by atomic mass is 32.1.